The third-order valence-corrected chi connectivity index (χ3v) is 4.71. The van der Waals surface area contributed by atoms with Gasteiger partial charge in [0, 0.05) is 37.7 Å². The number of ether oxygens (including phenoxy) is 1. The molecule has 1 aliphatic rings. The van der Waals surface area contributed by atoms with Crippen molar-refractivity contribution in [1.29, 1.82) is 0 Å². The van der Waals surface area contributed by atoms with Gasteiger partial charge in [-0.05, 0) is 50.4 Å². The minimum Gasteiger partial charge on any atom is -0.380 e. The van der Waals surface area contributed by atoms with Crippen molar-refractivity contribution in [2.24, 2.45) is 0 Å². The Bertz CT molecular complexity index is 645. The molecule has 0 amide bonds. The molecule has 3 rings (SSSR count). The summed E-state index contributed by atoms with van der Waals surface area (Å²) in [6.07, 6.45) is 7.01. The topological polar surface area (TPSA) is 38.2 Å². The number of benzene rings is 1. The molecule has 1 aromatic carbocycles. The van der Waals surface area contributed by atoms with Crippen LogP contribution in [0.15, 0.2) is 36.7 Å². The van der Waals surface area contributed by atoms with Crippen LogP contribution in [0.2, 0.25) is 0 Å². The SMILES string of the molecule is CO[C@H]1CCCN(Cc2cnc(C)nc2)[C@H]1Cc1ccc(F)cc1. The summed E-state index contributed by atoms with van der Waals surface area (Å²) < 4.78 is 18.9. The molecule has 2 atom stereocenters. The number of rotatable bonds is 5. The summed E-state index contributed by atoms with van der Waals surface area (Å²) in [7, 11) is 1.78. The number of likely N-dealkylation sites (tertiary alicyclic amines) is 1. The molecule has 1 aromatic heterocycles. The summed E-state index contributed by atoms with van der Waals surface area (Å²) in [5, 5.41) is 0. The molecule has 128 valence electrons. The first-order valence-electron chi connectivity index (χ1n) is 8.44. The van der Waals surface area contributed by atoms with Crippen LogP contribution in [0.25, 0.3) is 0 Å². The number of nitrogens with zero attached hydrogens (tertiary/aromatic N) is 3. The van der Waals surface area contributed by atoms with Crippen LogP contribution in [0.5, 0.6) is 0 Å². The summed E-state index contributed by atoms with van der Waals surface area (Å²) in [5.41, 5.74) is 2.25. The van der Waals surface area contributed by atoms with Gasteiger partial charge < -0.3 is 4.74 Å². The van der Waals surface area contributed by atoms with E-state index < -0.39 is 0 Å². The molecule has 1 fully saturated rings. The van der Waals surface area contributed by atoms with Gasteiger partial charge in [-0.1, -0.05) is 12.1 Å². The average molecular weight is 329 g/mol. The fourth-order valence-electron chi connectivity index (χ4n) is 3.42. The fourth-order valence-corrected chi connectivity index (χ4v) is 3.42. The zero-order valence-electron chi connectivity index (χ0n) is 14.3. The molecule has 0 aliphatic carbocycles. The molecule has 0 bridgehead atoms. The first-order valence-corrected chi connectivity index (χ1v) is 8.44. The van der Waals surface area contributed by atoms with E-state index in [9.17, 15) is 4.39 Å². The largest absolute Gasteiger partial charge is 0.380 e. The minimum absolute atomic E-state index is 0.190. The summed E-state index contributed by atoms with van der Waals surface area (Å²) >= 11 is 0. The Morgan fingerprint density at radius 2 is 1.88 bits per heavy atom. The monoisotopic (exact) mass is 329 g/mol. The van der Waals surface area contributed by atoms with Gasteiger partial charge in [-0.15, -0.1) is 0 Å². The Labute approximate surface area is 142 Å². The molecule has 0 saturated carbocycles. The van der Waals surface area contributed by atoms with Gasteiger partial charge in [-0.3, -0.25) is 4.90 Å². The molecule has 2 heterocycles. The molecule has 4 nitrogen and oxygen atoms in total. The minimum atomic E-state index is -0.195. The highest BCUT2D eigenvalue weighted by Gasteiger charge is 2.31. The second kappa shape index (κ2) is 7.81. The zero-order valence-corrected chi connectivity index (χ0v) is 14.3. The molecule has 5 heteroatoms. The number of methoxy groups -OCH3 is 1. The molecule has 0 N–H and O–H groups in total. The summed E-state index contributed by atoms with van der Waals surface area (Å²) in [6, 6.07) is 7.06. The highest BCUT2D eigenvalue weighted by Crippen LogP contribution is 2.25. The fraction of sp³-hybridized carbons (Fsp3) is 0.474. The van der Waals surface area contributed by atoms with Crippen molar-refractivity contribution in [3.8, 4) is 0 Å². The van der Waals surface area contributed by atoms with E-state index in [1.807, 2.05) is 31.5 Å². The van der Waals surface area contributed by atoms with E-state index in [-0.39, 0.29) is 18.0 Å². The van der Waals surface area contributed by atoms with Crippen LogP contribution in [0.3, 0.4) is 0 Å². The van der Waals surface area contributed by atoms with Gasteiger partial charge in [-0.2, -0.15) is 0 Å². The van der Waals surface area contributed by atoms with Crippen LogP contribution >= 0.6 is 0 Å². The van der Waals surface area contributed by atoms with E-state index >= 15 is 0 Å². The van der Waals surface area contributed by atoms with Gasteiger partial charge in [0.05, 0.1) is 6.10 Å². The lowest BCUT2D eigenvalue weighted by Gasteiger charge is -2.40. The summed E-state index contributed by atoms with van der Waals surface area (Å²) in [6.45, 7) is 3.73. The first kappa shape index (κ1) is 17.0. The molecule has 1 aliphatic heterocycles. The number of aryl methyl sites for hydroxylation is 1. The molecule has 0 unspecified atom stereocenters. The van der Waals surface area contributed by atoms with Crippen LogP contribution in [0.4, 0.5) is 4.39 Å². The number of piperidine rings is 1. The Hall–Kier alpha value is -1.85. The second-order valence-electron chi connectivity index (χ2n) is 6.42. The maximum absolute atomic E-state index is 13.2. The van der Waals surface area contributed by atoms with Gasteiger partial charge in [0.2, 0.25) is 0 Å². The van der Waals surface area contributed by atoms with Crippen molar-refractivity contribution in [3.63, 3.8) is 0 Å². The number of aromatic nitrogens is 2. The lowest BCUT2D eigenvalue weighted by atomic mass is 9.92. The quantitative estimate of drug-likeness (QED) is 0.845. The third kappa shape index (κ3) is 4.16. The van der Waals surface area contributed by atoms with Crippen LogP contribution in [-0.2, 0) is 17.7 Å². The predicted molar refractivity (Wildman–Crippen MR) is 91.1 cm³/mol. The second-order valence-corrected chi connectivity index (χ2v) is 6.42. The van der Waals surface area contributed by atoms with E-state index in [2.05, 4.69) is 14.9 Å². The Morgan fingerprint density at radius 1 is 1.17 bits per heavy atom. The van der Waals surface area contributed by atoms with Crippen LogP contribution < -0.4 is 0 Å². The van der Waals surface area contributed by atoms with Gasteiger partial charge >= 0.3 is 0 Å². The lowest BCUT2D eigenvalue weighted by Crippen LogP contribution is -2.49. The maximum Gasteiger partial charge on any atom is 0.125 e. The molecule has 1 saturated heterocycles. The van der Waals surface area contributed by atoms with Crippen molar-refractivity contribution in [2.75, 3.05) is 13.7 Å². The van der Waals surface area contributed by atoms with E-state index in [1.165, 1.54) is 12.1 Å². The number of hydrogen-bond donors (Lipinski definition) is 0. The first-order chi connectivity index (χ1) is 11.7. The Morgan fingerprint density at radius 3 is 2.54 bits per heavy atom. The highest BCUT2D eigenvalue weighted by atomic mass is 19.1. The van der Waals surface area contributed by atoms with E-state index in [0.717, 1.165) is 49.3 Å². The molecule has 0 spiro atoms. The molecule has 0 radical (unpaired) electrons. The van der Waals surface area contributed by atoms with Crippen molar-refractivity contribution in [2.45, 2.75) is 44.9 Å². The van der Waals surface area contributed by atoms with E-state index in [4.69, 9.17) is 4.74 Å². The number of hydrogen-bond acceptors (Lipinski definition) is 4. The highest BCUT2D eigenvalue weighted by molar-refractivity contribution is 5.18. The van der Waals surface area contributed by atoms with Crippen molar-refractivity contribution < 1.29 is 9.13 Å². The standard InChI is InChI=1S/C19H24FN3O/c1-14-21-11-16(12-22-14)13-23-9-3-4-19(24-2)18(23)10-15-5-7-17(20)8-6-15/h5-8,11-12,18-19H,3-4,9-10,13H2,1-2H3/t18-,19-/m0/s1. The molecular weight excluding hydrogens is 305 g/mol. The Balaban J connectivity index is 1.76. The molecule has 24 heavy (non-hydrogen) atoms. The van der Waals surface area contributed by atoms with Gasteiger partial charge in [0.1, 0.15) is 11.6 Å². The average Bonchev–Trinajstić information content (AvgIpc) is 2.60. The molecule has 2 aromatic rings. The smallest absolute Gasteiger partial charge is 0.125 e. The summed E-state index contributed by atoms with van der Waals surface area (Å²) in [4.78, 5) is 11.0. The number of halogens is 1. The van der Waals surface area contributed by atoms with Crippen molar-refractivity contribution in [3.05, 3.63) is 59.4 Å². The van der Waals surface area contributed by atoms with E-state index in [0.29, 0.717) is 0 Å². The predicted octanol–water partition coefficient (Wildman–Crippen LogP) is 3.15. The normalized spacial score (nSPS) is 21.8. The van der Waals surface area contributed by atoms with Crippen LogP contribution in [-0.4, -0.2) is 40.7 Å². The Kier molecular flexibility index (Phi) is 5.53. The van der Waals surface area contributed by atoms with E-state index in [1.54, 1.807) is 7.11 Å². The summed E-state index contributed by atoms with van der Waals surface area (Å²) in [5.74, 6) is 0.592. The van der Waals surface area contributed by atoms with Gasteiger partial charge in [-0.25, -0.2) is 14.4 Å². The van der Waals surface area contributed by atoms with Crippen LogP contribution in [0.1, 0.15) is 29.8 Å². The zero-order chi connectivity index (χ0) is 16.9. The van der Waals surface area contributed by atoms with Crippen molar-refractivity contribution in [1.82, 2.24) is 14.9 Å². The third-order valence-electron chi connectivity index (χ3n) is 4.71. The van der Waals surface area contributed by atoms with Crippen molar-refractivity contribution >= 4 is 0 Å². The maximum atomic E-state index is 13.2. The van der Waals surface area contributed by atoms with Gasteiger partial charge in [0.15, 0.2) is 0 Å². The molecular formula is C19H24FN3O. The van der Waals surface area contributed by atoms with Gasteiger partial charge in [0.25, 0.3) is 0 Å². The lowest BCUT2D eigenvalue weighted by molar-refractivity contribution is -0.0218. The van der Waals surface area contributed by atoms with Crippen LogP contribution in [0, 0.1) is 12.7 Å².